The van der Waals surface area contributed by atoms with Crippen molar-refractivity contribution in [2.24, 2.45) is 0 Å². The molecule has 150 valence electrons. The zero-order chi connectivity index (χ0) is 20.1. The van der Waals surface area contributed by atoms with Gasteiger partial charge in [-0.2, -0.15) is 0 Å². The molecule has 1 amide bonds. The van der Waals surface area contributed by atoms with E-state index in [0.29, 0.717) is 37.7 Å². The van der Waals surface area contributed by atoms with E-state index in [2.05, 4.69) is 28.7 Å². The van der Waals surface area contributed by atoms with Crippen molar-refractivity contribution in [1.29, 1.82) is 0 Å². The number of anilines is 1. The average molecular weight is 407 g/mol. The molecule has 1 aliphatic rings. The van der Waals surface area contributed by atoms with Crippen LogP contribution in [0, 0.1) is 5.82 Å². The lowest BCUT2D eigenvalue weighted by Crippen LogP contribution is -2.54. The molecule has 1 aromatic heterocycles. The largest absolute Gasteiger partial charge is 0.439 e. The number of amides is 1. The van der Waals surface area contributed by atoms with Gasteiger partial charge in [0.1, 0.15) is 23.7 Å². The van der Waals surface area contributed by atoms with Crippen molar-refractivity contribution >= 4 is 23.3 Å². The van der Waals surface area contributed by atoms with Gasteiger partial charge in [0.15, 0.2) is 0 Å². The van der Waals surface area contributed by atoms with E-state index in [9.17, 15) is 9.18 Å². The molecule has 1 aromatic carbocycles. The number of rotatable bonds is 6. The molecule has 0 aliphatic carbocycles. The second-order valence-corrected chi connectivity index (χ2v) is 7.29. The maximum atomic E-state index is 13.3. The van der Waals surface area contributed by atoms with Crippen LogP contribution in [0.4, 0.5) is 10.2 Å². The Kier molecular flexibility index (Phi) is 6.67. The Bertz CT molecular complexity index is 836. The highest BCUT2D eigenvalue weighted by Crippen LogP contribution is 2.27. The highest BCUT2D eigenvalue weighted by atomic mass is 35.5. The number of halogens is 2. The first kappa shape index (κ1) is 20.3. The lowest BCUT2D eigenvalue weighted by molar-refractivity contribution is -0.133. The molecule has 0 spiro atoms. The number of hydrogen-bond acceptors (Lipinski definition) is 5. The first-order valence-corrected chi connectivity index (χ1v) is 9.85. The Balaban J connectivity index is 1.66. The normalized spacial score (nSPS) is 16.9. The smallest absolute Gasteiger partial charge is 0.224 e. The summed E-state index contributed by atoms with van der Waals surface area (Å²) in [6.45, 7) is 6.19. The summed E-state index contributed by atoms with van der Waals surface area (Å²) in [5.74, 6) is 1.19. The van der Waals surface area contributed by atoms with Crippen LogP contribution in [0.5, 0.6) is 11.6 Å². The summed E-state index contributed by atoms with van der Waals surface area (Å²) < 4.78 is 19.0. The minimum absolute atomic E-state index is 0.00975. The number of carbonyl (C=O) groups excluding carboxylic acids is 1. The van der Waals surface area contributed by atoms with Crippen LogP contribution in [-0.2, 0) is 4.79 Å². The van der Waals surface area contributed by atoms with Gasteiger partial charge < -0.3 is 14.5 Å². The molecule has 0 radical (unpaired) electrons. The summed E-state index contributed by atoms with van der Waals surface area (Å²) in [6.07, 6.45) is 3.97. The van der Waals surface area contributed by atoms with E-state index in [1.165, 1.54) is 24.5 Å². The molecule has 1 unspecified atom stereocenters. The summed E-state index contributed by atoms with van der Waals surface area (Å²) in [7, 11) is 0. The van der Waals surface area contributed by atoms with E-state index < -0.39 is 5.82 Å². The third kappa shape index (κ3) is 4.90. The molecular weight excluding hydrogens is 383 g/mol. The zero-order valence-corrected chi connectivity index (χ0v) is 16.8. The van der Waals surface area contributed by atoms with Gasteiger partial charge in [-0.15, -0.1) is 0 Å². The number of aromatic nitrogens is 2. The van der Waals surface area contributed by atoms with Crippen molar-refractivity contribution in [3.05, 3.63) is 41.4 Å². The van der Waals surface area contributed by atoms with Crippen molar-refractivity contribution in [2.75, 3.05) is 24.5 Å². The van der Waals surface area contributed by atoms with Gasteiger partial charge in [0.25, 0.3) is 0 Å². The maximum absolute atomic E-state index is 13.3. The molecule has 0 bridgehead atoms. The molecule has 0 saturated carbocycles. The lowest BCUT2D eigenvalue weighted by atomic mass is 10.1. The number of carbonyl (C=O) groups is 1. The van der Waals surface area contributed by atoms with Crippen molar-refractivity contribution in [1.82, 2.24) is 14.9 Å². The van der Waals surface area contributed by atoms with E-state index in [0.717, 1.165) is 18.7 Å². The van der Waals surface area contributed by atoms with Crippen LogP contribution in [0.1, 0.15) is 33.1 Å². The van der Waals surface area contributed by atoms with Gasteiger partial charge in [-0.05, 0) is 25.5 Å². The summed E-state index contributed by atoms with van der Waals surface area (Å²) in [5.41, 5.74) is 0. The predicted octanol–water partition coefficient (Wildman–Crippen LogP) is 4.29. The molecule has 3 rings (SSSR count). The molecule has 1 saturated heterocycles. The molecule has 1 aliphatic heterocycles. The average Bonchev–Trinajstić information content (AvgIpc) is 2.69. The number of benzene rings is 1. The molecule has 0 N–H and O–H groups in total. The SMILES string of the molecule is CCCCC(=O)N1CCN(c2cc(Oc3ccc(F)c(Cl)c3)ncn2)CC1C. The second-order valence-electron chi connectivity index (χ2n) is 6.88. The second kappa shape index (κ2) is 9.19. The molecule has 1 fully saturated rings. The summed E-state index contributed by atoms with van der Waals surface area (Å²) in [6, 6.07) is 5.98. The summed E-state index contributed by atoms with van der Waals surface area (Å²) >= 11 is 5.79. The molecule has 28 heavy (non-hydrogen) atoms. The lowest BCUT2D eigenvalue weighted by Gasteiger charge is -2.40. The Morgan fingerprint density at radius 3 is 2.86 bits per heavy atom. The summed E-state index contributed by atoms with van der Waals surface area (Å²) in [4.78, 5) is 24.9. The molecule has 1 atom stereocenters. The van der Waals surface area contributed by atoms with Gasteiger partial charge in [-0.25, -0.2) is 14.4 Å². The minimum atomic E-state index is -0.502. The fourth-order valence-corrected chi connectivity index (χ4v) is 3.40. The van der Waals surface area contributed by atoms with Crippen LogP contribution >= 0.6 is 11.6 Å². The van der Waals surface area contributed by atoms with Crippen LogP contribution < -0.4 is 9.64 Å². The monoisotopic (exact) mass is 406 g/mol. The molecular formula is C20H24ClFN4O2. The molecule has 2 aromatic rings. The maximum Gasteiger partial charge on any atom is 0.224 e. The Morgan fingerprint density at radius 2 is 2.14 bits per heavy atom. The number of hydrogen-bond donors (Lipinski definition) is 0. The van der Waals surface area contributed by atoms with Crippen LogP contribution in [0.2, 0.25) is 5.02 Å². The van der Waals surface area contributed by atoms with E-state index in [-0.39, 0.29) is 17.0 Å². The van der Waals surface area contributed by atoms with Gasteiger partial charge in [0, 0.05) is 44.2 Å². The van der Waals surface area contributed by atoms with Gasteiger partial charge >= 0.3 is 0 Å². The van der Waals surface area contributed by atoms with Crippen LogP contribution in [0.3, 0.4) is 0 Å². The number of ether oxygens (including phenoxy) is 1. The van der Waals surface area contributed by atoms with Gasteiger partial charge in [-0.1, -0.05) is 24.9 Å². The highest BCUT2D eigenvalue weighted by molar-refractivity contribution is 6.30. The van der Waals surface area contributed by atoms with E-state index in [1.807, 2.05) is 4.90 Å². The zero-order valence-electron chi connectivity index (χ0n) is 16.1. The number of nitrogens with zero attached hydrogens (tertiary/aromatic N) is 4. The van der Waals surface area contributed by atoms with Crippen LogP contribution in [-0.4, -0.2) is 46.5 Å². The molecule has 8 heteroatoms. The van der Waals surface area contributed by atoms with Crippen molar-refractivity contribution < 1.29 is 13.9 Å². The Hall–Kier alpha value is -2.41. The van der Waals surface area contributed by atoms with Gasteiger partial charge in [-0.3, -0.25) is 4.79 Å². The highest BCUT2D eigenvalue weighted by Gasteiger charge is 2.27. The third-order valence-electron chi connectivity index (χ3n) is 4.76. The van der Waals surface area contributed by atoms with Crippen molar-refractivity contribution in [3.8, 4) is 11.6 Å². The van der Waals surface area contributed by atoms with Crippen molar-refractivity contribution in [2.45, 2.75) is 39.2 Å². The van der Waals surface area contributed by atoms with E-state index in [4.69, 9.17) is 16.3 Å². The Labute approximate surface area is 169 Å². The van der Waals surface area contributed by atoms with Crippen molar-refractivity contribution in [3.63, 3.8) is 0 Å². The standard InChI is InChI=1S/C20H24ClFN4O2/c1-3-4-5-20(27)26-9-8-25(12-14(26)2)18-11-19(24-13-23-18)28-15-6-7-17(22)16(21)10-15/h6-7,10-11,13-14H,3-5,8-9,12H2,1-2H3. The Morgan fingerprint density at radius 1 is 1.32 bits per heavy atom. The molecule has 6 nitrogen and oxygen atoms in total. The van der Waals surface area contributed by atoms with E-state index >= 15 is 0 Å². The quantitative estimate of drug-likeness (QED) is 0.716. The van der Waals surface area contributed by atoms with Crippen LogP contribution in [0.15, 0.2) is 30.6 Å². The predicted molar refractivity (Wildman–Crippen MR) is 106 cm³/mol. The number of unbranched alkanes of at least 4 members (excludes halogenated alkanes) is 1. The van der Waals surface area contributed by atoms with Crippen LogP contribution in [0.25, 0.3) is 0 Å². The van der Waals surface area contributed by atoms with E-state index in [1.54, 1.807) is 6.07 Å². The number of piperazine rings is 1. The first-order chi connectivity index (χ1) is 13.5. The third-order valence-corrected chi connectivity index (χ3v) is 5.05. The fourth-order valence-electron chi connectivity index (χ4n) is 3.23. The minimum Gasteiger partial charge on any atom is -0.439 e. The summed E-state index contributed by atoms with van der Waals surface area (Å²) in [5, 5.41) is -0.00975. The topological polar surface area (TPSA) is 58.6 Å². The molecule has 2 heterocycles. The first-order valence-electron chi connectivity index (χ1n) is 9.47. The van der Waals surface area contributed by atoms with Gasteiger partial charge in [0.2, 0.25) is 11.8 Å². The van der Waals surface area contributed by atoms with Gasteiger partial charge in [0.05, 0.1) is 5.02 Å². The fraction of sp³-hybridized carbons (Fsp3) is 0.450.